The number of aliphatic imine (C=N–C) groups is 1. The van der Waals surface area contributed by atoms with Gasteiger partial charge in [0.1, 0.15) is 0 Å². The van der Waals surface area contributed by atoms with Gasteiger partial charge in [0, 0.05) is 30.1 Å². The van der Waals surface area contributed by atoms with Crippen molar-refractivity contribution in [3.63, 3.8) is 0 Å². The number of nitrogens with zero attached hydrogens (tertiary/aromatic N) is 2. The summed E-state index contributed by atoms with van der Waals surface area (Å²) in [7, 11) is 0. The zero-order valence-electron chi connectivity index (χ0n) is 19.6. The van der Waals surface area contributed by atoms with Crippen LogP contribution in [0.15, 0.2) is 58.7 Å². The first kappa shape index (κ1) is 23.1. The minimum atomic E-state index is -0.230. The van der Waals surface area contributed by atoms with E-state index in [1.807, 2.05) is 64.1 Å². The van der Waals surface area contributed by atoms with Gasteiger partial charge >= 0.3 is 0 Å². The smallest absolute Gasteiger partial charge is 0.255 e. The molecular formula is C26H30N4O2S. The standard InChI is InChI=1S/C26H30N4O2S/c1-5-22(31)28-20-10-8-19(9-11-20)24-23(18(4)27-26-30(24)13-6-14-33-26)25(32)29-21-12-7-16(2)15-17(21)3/h7-12,15,24H,5-6,13-14H2,1-4H3,(H,28,31)(H,29,32). The monoisotopic (exact) mass is 462 g/mol. The predicted octanol–water partition coefficient (Wildman–Crippen LogP) is 5.41. The van der Waals surface area contributed by atoms with Crippen LogP contribution in [-0.4, -0.2) is 34.2 Å². The predicted molar refractivity (Wildman–Crippen MR) is 137 cm³/mol. The molecule has 0 saturated carbocycles. The Balaban J connectivity index is 1.69. The van der Waals surface area contributed by atoms with Gasteiger partial charge in [0.25, 0.3) is 5.91 Å². The summed E-state index contributed by atoms with van der Waals surface area (Å²) >= 11 is 1.74. The maximum atomic E-state index is 13.6. The second-order valence-electron chi connectivity index (χ2n) is 8.49. The topological polar surface area (TPSA) is 73.8 Å². The summed E-state index contributed by atoms with van der Waals surface area (Å²) in [6.07, 6.45) is 1.47. The molecule has 0 spiro atoms. The molecule has 33 heavy (non-hydrogen) atoms. The van der Waals surface area contributed by atoms with Crippen LogP contribution in [0.4, 0.5) is 11.4 Å². The Morgan fingerprint density at radius 1 is 1.09 bits per heavy atom. The zero-order chi connectivity index (χ0) is 23.5. The van der Waals surface area contributed by atoms with E-state index in [4.69, 9.17) is 4.99 Å². The largest absolute Gasteiger partial charge is 0.340 e. The van der Waals surface area contributed by atoms with Crippen molar-refractivity contribution in [1.29, 1.82) is 0 Å². The number of nitrogens with one attached hydrogen (secondary N) is 2. The summed E-state index contributed by atoms with van der Waals surface area (Å²) in [5.41, 5.74) is 6.16. The number of thioether (sulfide) groups is 1. The molecular weight excluding hydrogens is 432 g/mol. The van der Waals surface area contributed by atoms with E-state index in [0.29, 0.717) is 12.0 Å². The summed E-state index contributed by atoms with van der Waals surface area (Å²) in [4.78, 5) is 32.4. The van der Waals surface area contributed by atoms with Gasteiger partial charge < -0.3 is 15.5 Å². The van der Waals surface area contributed by atoms with E-state index in [9.17, 15) is 9.59 Å². The molecule has 2 aliphatic heterocycles. The fourth-order valence-electron chi connectivity index (χ4n) is 4.25. The van der Waals surface area contributed by atoms with Gasteiger partial charge in [-0.2, -0.15) is 0 Å². The van der Waals surface area contributed by atoms with E-state index in [1.54, 1.807) is 11.8 Å². The van der Waals surface area contributed by atoms with Crippen LogP contribution < -0.4 is 10.6 Å². The summed E-state index contributed by atoms with van der Waals surface area (Å²) < 4.78 is 0. The van der Waals surface area contributed by atoms with Crippen molar-refractivity contribution in [3.05, 3.63) is 70.4 Å². The number of benzene rings is 2. The van der Waals surface area contributed by atoms with E-state index in [-0.39, 0.29) is 17.9 Å². The first-order valence-corrected chi connectivity index (χ1v) is 12.3. The molecule has 0 aromatic heterocycles. The molecule has 0 aliphatic carbocycles. The van der Waals surface area contributed by atoms with Crippen LogP contribution in [0.1, 0.15) is 49.4 Å². The van der Waals surface area contributed by atoms with Crippen molar-refractivity contribution in [1.82, 2.24) is 4.90 Å². The molecule has 0 radical (unpaired) electrons. The van der Waals surface area contributed by atoms with E-state index >= 15 is 0 Å². The Morgan fingerprint density at radius 2 is 1.85 bits per heavy atom. The minimum absolute atomic E-state index is 0.0217. The fourth-order valence-corrected chi connectivity index (χ4v) is 5.27. The third-order valence-electron chi connectivity index (χ3n) is 5.96. The van der Waals surface area contributed by atoms with Crippen LogP contribution in [0.25, 0.3) is 0 Å². The molecule has 2 N–H and O–H groups in total. The third kappa shape index (κ3) is 4.98. The molecule has 2 aromatic carbocycles. The maximum Gasteiger partial charge on any atom is 0.255 e. The van der Waals surface area contributed by atoms with Crippen molar-refractivity contribution >= 4 is 40.1 Å². The summed E-state index contributed by atoms with van der Waals surface area (Å²) in [5, 5.41) is 6.98. The Labute approximate surface area is 199 Å². The van der Waals surface area contributed by atoms with Gasteiger partial charge in [0.2, 0.25) is 5.91 Å². The van der Waals surface area contributed by atoms with Crippen LogP contribution >= 0.6 is 11.8 Å². The highest BCUT2D eigenvalue weighted by Crippen LogP contribution is 2.40. The third-order valence-corrected chi connectivity index (χ3v) is 7.04. The summed E-state index contributed by atoms with van der Waals surface area (Å²) in [5.74, 6) is 0.874. The minimum Gasteiger partial charge on any atom is -0.340 e. The lowest BCUT2D eigenvalue weighted by Gasteiger charge is -2.41. The normalized spacial score (nSPS) is 17.9. The molecule has 2 amide bonds. The number of carbonyl (C=O) groups excluding carboxylic acids is 2. The summed E-state index contributed by atoms with van der Waals surface area (Å²) in [6, 6.07) is 13.6. The number of aryl methyl sites for hydroxylation is 2. The van der Waals surface area contributed by atoms with Crippen LogP contribution in [0.2, 0.25) is 0 Å². The number of hydrogen-bond donors (Lipinski definition) is 2. The molecule has 1 atom stereocenters. The number of rotatable bonds is 5. The van der Waals surface area contributed by atoms with Crippen LogP contribution in [0.5, 0.6) is 0 Å². The van der Waals surface area contributed by atoms with Gasteiger partial charge in [-0.25, -0.2) is 4.99 Å². The first-order chi connectivity index (χ1) is 15.9. The maximum absolute atomic E-state index is 13.6. The van der Waals surface area contributed by atoms with Crippen molar-refractivity contribution < 1.29 is 9.59 Å². The number of fused-ring (bicyclic) bond motifs is 1. The van der Waals surface area contributed by atoms with Crippen LogP contribution in [0.3, 0.4) is 0 Å². The zero-order valence-corrected chi connectivity index (χ0v) is 20.4. The highest BCUT2D eigenvalue weighted by Gasteiger charge is 2.37. The Kier molecular flexibility index (Phi) is 6.88. The van der Waals surface area contributed by atoms with E-state index in [1.165, 1.54) is 0 Å². The number of amidine groups is 1. The van der Waals surface area contributed by atoms with Crippen molar-refractivity contribution in [2.75, 3.05) is 22.9 Å². The molecule has 2 aromatic rings. The van der Waals surface area contributed by atoms with Crippen molar-refractivity contribution in [2.45, 2.75) is 46.6 Å². The number of hydrogen-bond acceptors (Lipinski definition) is 5. The molecule has 2 aliphatic rings. The Hall–Kier alpha value is -3.06. The molecule has 4 rings (SSSR count). The number of allylic oxidation sites excluding steroid dienone is 1. The Bertz CT molecular complexity index is 1140. The van der Waals surface area contributed by atoms with Crippen LogP contribution in [-0.2, 0) is 9.59 Å². The van der Waals surface area contributed by atoms with Crippen LogP contribution in [0, 0.1) is 13.8 Å². The van der Waals surface area contributed by atoms with E-state index in [2.05, 4.69) is 21.6 Å². The fraction of sp³-hybridized carbons (Fsp3) is 0.346. The lowest BCUT2D eigenvalue weighted by molar-refractivity contribution is -0.116. The molecule has 1 saturated heterocycles. The average molecular weight is 463 g/mol. The molecule has 1 unspecified atom stereocenters. The van der Waals surface area contributed by atoms with E-state index in [0.717, 1.165) is 57.6 Å². The van der Waals surface area contributed by atoms with Gasteiger partial charge in [-0.15, -0.1) is 0 Å². The first-order valence-electron chi connectivity index (χ1n) is 11.3. The second-order valence-corrected chi connectivity index (χ2v) is 9.55. The highest BCUT2D eigenvalue weighted by atomic mass is 32.2. The molecule has 172 valence electrons. The average Bonchev–Trinajstić information content (AvgIpc) is 2.80. The molecule has 7 heteroatoms. The molecule has 0 bridgehead atoms. The van der Waals surface area contributed by atoms with Gasteiger partial charge in [-0.1, -0.05) is 48.5 Å². The van der Waals surface area contributed by atoms with Gasteiger partial charge in [-0.3, -0.25) is 9.59 Å². The van der Waals surface area contributed by atoms with Crippen molar-refractivity contribution in [2.24, 2.45) is 4.99 Å². The number of anilines is 2. The summed E-state index contributed by atoms with van der Waals surface area (Å²) in [6.45, 7) is 8.63. The highest BCUT2D eigenvalue weighted by molar-refractivity contribution is 8.13. The quantitative estimate of drug-likeness (QED) is 0.623. The SMILES string of the molecule is CCC(=O)Nc1ccc(C2C(C(=O)Nc3ccc(C)cc3C)=C(C)N=C3SCCCN32)cc1. The van der Waals surface area contributed by atoms with Crippen molar-refractivity contribution in [3.8, 4) is 0 Å². The second kappa shape index (κ2) is 9.83. The van der Waals surface area contributed by atoms with Gasteiger partial charge in [-0.05, 0) is 56.5 Å². The Morgan fingerprint density at radius 3 is 2.55 bits per heavy atom. The molecule has 1 fully saturated rings. The lowest BCUT2D eigenvalue weighted by atomic mass is 9.93. The molecule has 2 heterocycles. The van der Waals surface area contributed by atoms with Gasteiger partial charge in [0.05, 0.1) is 17.3 Å². The number of amides is 2. The number of carbonyl (C=O) groups is 2. The van der Waals surface area contributed by atoms with E-state index < -0.39 is 0 Å². The molecule has 6 nitrogen and oxygen atoms in total. The lowest BCUT2D eigenvalue weighted by Crippen LogP contribution is -2.43. The van der Waals surface area contributed by atoms with Gasteiger partial charge in [0.15, 0.2) is 5.17 Å².